The Kier molecular flexibility index (Phi) is 5.69. The van der Waals surface area contributed by atoms with Gasteiger partial charge < -0.3 is 14.8 Å². The molecule has 3 rings (SSSR count). The molecule has 0 radical (unpaired) electrons. The number of nitrogens with zero attached hydrogens (tertiary/aromatic N) is 3. The Hall–Kier alpha value is -3.08. The lowest BCUT2D eigenvalue weighted by Gasteiger charge is -2.19. The zero-order valence-electron chi connectivity index (χ0n) is 15.2. The van der Waals surface area contributed by atoms with Crippen molar-refractivity contribution in [2.75, 3.05) is 25.0 Å². The topological polar surface area (TPSA) is 50.2 Å². The summed E-state index contributed by atoms with van der Waals surface area (Å²) >= 11 is 0. The summed E-state index contributed by atoms with van der Waals surface area (Å²) in [6.45, 7) is 4.10. The van der Waals surface area contributed by atoms with Crippen LogP contribution >= 0.6 is 0 Å². The second kappa shape index (κ2) is 8.34. The molecule has 0 bridgehead atoms. The molecule has 0 atom stereocenters. The second-order valence-corrected chi connectivity index (χ2v) is 6.31. The van der Waals surface area contributed by atoms with E-state index in [1.54, 1.807) is 6.20 Å². The van der Waals surface area contributed by atoms with Gasteiger partial charge in [-0.2, -0.15) is 0 Å². The molecular formula is C21H24N4O. The number of hydrogen-bond donors (Lipinski definition) is 1. The zero-order chi connectivity index (χ0) is 18.4. The van der Waals surface area contributed by atoms with Crippen LogP contribution in [0, 0.1) is 6.92 Å². The summed E-state index contributed by atoms with van der Waals surface area (Å²) in [6, 6.07) is 17.9. The third-order valence-corrected chi connectivity index (χ3v) is 4.42. The molecule has 0 unspecified atom stereocenters. The van der Waals surface area contributed by atoms with Gasteiger partial charge in [-0.1, -0.05) is 30.3 Å². The Morgan fingerprint density at radius 3 is 2.50 bits per heavy atom. The van der Waals surface area contributed by atoms with Crippen molar-refractivity contribution in [2.45, 2.75) is 13.5 Å². The summed E-state index contributed by atoms with van der Waals surface area (Å²) in [4.78, 5) is 18.6. The maximum Gasteiger partial charge on any atom is 0.251 e. The number of likely N-dealkylation sites (N-methyl/N-ethyl adjacent to an activating group) is 1. The predicted molar refractivity (Wildman–Crippen MR) is 105 cm³/mol. The first kappa shape index (κ1) is 17.7. The number of hydrogen-bond acceptors (Lipinski definition) is 3. The van der Waals surface area contributed by atoms with Gasteiger partial charge >= 0.3 is 0 Å². The van der Waals surface area contributed by atoms with E-state index in [0.717, 1.165) is 30.2 Å². The Balaban J connectivity index is 1.49. The molecule has 134 valence electrons. The Morgan fingerprint density at radius 2 is 1.85 bits per heavy atom. The van der Waals surface area contributed by atoms with Crippen molar-refractivity contribution >= 4 is 11.6 Å². The van der Waals surface area contributed by atoms with Crippen molar-refractivity contribution in [2.24, 2.45) is 0 Å². The first-order chi connectivity index (χ1) is 12.6. The predicted octanol–water partition coefficient (Wildman–Crippen LogP) is 3.11. The van der Waals surface area contributed by atoms with Crippen molar-refractivity contribution in [3.63, 3.8) is 0 Å². The molecule has 1 aromatic heterocycles. The SMILES string of the molecule is Cc1nccn1Cc1ccc(C(=O)NCCN(C)c2ccccc2)cc1. The summed E-state index contributed by atoms with van der Waals surface area (Å²) in [5, 5.41) is 2.98. The number of imidazole rings is 1. The number of aromatic nitrogens is 2. The number of carbonyl (C=O) groups is 1. The summed E-state index contributed by atoms with van der Waals surface area (Å²) in [5.74, 6) is 0.936. The summed E-state index contributed by atoms with van der Waals surface area (Å²) in [7, 11) is 2.02. The Bertz CT molecular complexity index is 840. The monoisotopic (exact) mass is 348 g/mol. The number of carbonyl (C=O) groups excluding carboxylic acids is 1. The molecule has 0 saturated carbocycles. The van der Waals surface area contributed by atoms with Crippen LogP contribution in [0.2, 0.25) is 0 Å². The van der Waals surface area contributed by atoms with Crippen LogP contribution in [0.4, 0.5) is 5.69 Å². The lowest BCUT2D eigenvalue weighted by Crippen LogP contribution is -2.32. The van der Waals surface area contributed by atoms with Crippen LogP contribution in [0.1, 0.15) is 21.7 Å². The van der Waals surface area contributed by atoms with Gasteiger partial charge in [-0.15, -0.1) is 0 Å². The number of nitrogens with one attached hydrogen (secondary N) is 1. The molecule has 3 aromatic rings. The molecule has 0 aliphatic carbocycles. The minimum absolute atomic E-state index is 0.0446. The normalized spacial score (nSPS) is 10.5. The highest BCUT2D eigenvalue weighted by Gasteiger charge is 2.07. The van der Waals surface area contributed by atoms with E-state index < -0.39 is 0 Å². The molecule has 0 aliphatic rings. The summed E-state index contributed by atoms with van der Waals surface area (Å²) in [6.07, 6.45) is 3.75. The smallest absolute Gasteiger partial charge is 0.251 e. The fourth-order valence-electron chi connectivity index (χ4n) is 2.78. The van der Waals surface area contributed by atoms with Gasteiger partial charge in [-0.3, -0.25) is 4.79 Å². The standard InChI is InChI=1S/C21H24N4O/c1-17-22-13-15-25(17)16-18-8-10-19(11-9-18)21(26)23-12-14-24(2)20-6-4-3-5-7-20/h3-11,13,15H,12,14,16H2,1-2H3,(H,23,26). The number of benzene rings is 2. The molecule has 0 fully saturated rings. The lowest BCUT2D eigenvalue weighted by atomic mass is 10.1. The van der Waals surface area contributed by atoms with Gasteiger partial charge in [-0.05, 0) is 36.8 Å². The average molecular weight is 348 g/mol. The van der Waals surface area contributed by atoms with Crippen molar-refractivity contribution in [1.29, 1.82) is 0 Å². The quantitative estimate of drug-likeness (QED) is 0.714. The highest BCUT2D eigenvalue weighted by molar-refractivity contribution is 5.94. The molecule has 0 saturated heterocycles. The van der Waals surface area contributed by atoms with Crippen molar-refractivity contribution < 1.29 is 4.79 Å². The van der Waals surface area contributed by atoms with Gasteiger partial charge in [0.15, 0.2) is 0 Å². The average Bonchev–Trinajstić information content (AvgIpc) is 3.07. The van der Waals surface area contributed by atoms with Crippen LogP contribution in [0.3, 0.4) is 0 Å². The molecule has 0 spiro atoms. The van der Waals surface area contributed by atoms with Crippen LogP contribution in [-0.4, -0.2) is 35.6 Å². The minimum Gasteiger partial charge on any atom is -0.373 e. The second-order valence-electron chi connectivity index (χ2n) is 6.31. The largest absolute Gasteiger partial charge is 0.373 e. The van der Waals surface area contributed by atoms with E-state index in [1.165, 1.54) is 0 Å². The maximum absolute atomic E-state index is 12.3. The van der Waals surface area contributed by atoms with Crippen LogP contribution in [-0.2, 0) is 6.54 Å². The van der Waals surface area contributed by atoms with E-state index in [2.05, 4.69) is 31.9 Å². The van der Waals surface area contributed by atoms with E-state index in [0.29, 0.717) is 12.1 Å². The maximum atomic E-state index is 12.3. The molecular weight excluding hydrogens is 324 g/mol. The highest BCUT2D eigenvalue weighted by Crippen LogP contribution is 2.10. The van der Waals surface area contributed by atoms with E-state index in [-0.39, 0.29) is 5.91 Å². The first-order valence-electron chi connectivity index (χ1n) is 8.74. The number of rotatable bonds is 7. The minimum atomic E-state index is -0.0446. The van der Waals surface area contributed by atoms with Gasteiger partial charge in [0.2, 0.25) is 0 Å². The summed E-state index contributed by atoms with van der Waals surface area (Å²) in [5.41, 5.74) is 2.96. The first-order valence-corrected chi connectivity index (χ1v) is 8.74. The molecule has 1 heterocycles. The van der Waals surface area contributed by atoms with Crippen LogP contribution < -0.4 is 10.2 Å². The van der Waals surface area contributed by atoms with Gasteiger partial charge in [0, 0.05) is 50.3 Å². The number of aryl methyl sites for hydroxylation is 1. The molecule has 1 amide bonds. The zero-order valence-corrected chi connectivity index (χ0v) is 15.2. The van der Waals surface area contributed by atoms with Crippen LogP contribution in [0.25, 0.3) is 0 Å². The third kappa shape index (κ3) is 4.51. The Morgan fingerprint density at radius 1 is 1.12 bits per heavy atom. The lowest BCUT2D eigenvalue weighted by molar-refractivity contribution is 0.0954. The van der Waals surface area contributed by atoms with E-state index in [4.69, 9.17) is 0 Å². The molecule has 2 aromatic carbocycles. The molecule has 26 heavy (non-hydrogen) atoms. The van der Waals surface area contributed by atoms with E-state index in [1.807, 2.05) is 62.6 Å². The third-order valence-electron chi connectivity index (χ3n) is 4.42. The number of anilines is 1. The van der Waals surface area contributed by atoms with Crippen LogP contribution in [0.15, 0.2) is 67.0 Å². The van der Waals surface area contributed by atoms with Crippen molar-refractivity contribution in [1.82, 2.24) is 14.9 Å². The molecule has 5 nitrogen and oxygen atoms in total. The van der Waals surface area contributed by atoms with Crippen LogP contribution in [0.5, 0.6) is 0 Å². The van der Waals surface area contributed by atoms with Crippen molar-refractivity contribution in [3.05, 3.63) is 83.9 Å². The molecule has 1 N–H and O–H groups in total. The molecule has 0 aliphatic heterocycles. The van der Waals surface area contributed by atoms with Gasteiger partial charge in [0.05, 0.1) is 0 Å². The van der Waals surface area contributed by atoms with E-state index in [9.17, 15) is 4.79 Å². The van der Waals surface area contributed by atoms with E-state index >= 15 is 0 Å². The van der Waals surface area contributed by atoms with Crippen molar-refractivity contribution in [3.8, 4) is 0 Å². The highest BCUT2D eigenvalue weighted by atomic mass is 16.1. The number of para-hydroxylation sites is 1. The fourth-order valence-corrected chi connectivity index (χ4v) is 2.78. The Labute approximate surface area is 154 Å². The fraction of sp³-hybridized carbons (Fsp3) is 0.238. The number of amides is 1. The van der Waals surface area contributed by atoms with Gasteiger partial charge in [0.25, 0.3) is 5.91 Å². The van der Waals surface area contributed by atoms with Gasteiger partial charge in [-0.25, -0.2) is 4.98 Å². The molecule has 5 heteroatoms. The van der Waals surface area contributed by atoms with Gasteiger partial charge in [0.1, 0.15) is 5.82 Å². The summed E-state index contributed by atoms with van der Waals surface area (Å²) < 4.78 is 2.08.